The van der Waals surface area contributed by atoms with Crippen LogP contribution in [0.2, 0.25) is 0 Å². The summed E-state index contributed by atoms with van der Waals surface area (Å²) in [7, 11) is 1.49. The second-order valence-electron chi connectivity index (χ2n) is 3.55. The predicted molar refractivity (Wildman–Crippen MR) is 58.9 cm³/mol. The van der Waals surface area contributed by atoms with Crippen molar-refractivity contribution in [2.75, 3.05) is 26.8 Å². The fourth-order valence-electron chi connectivity index (χ4n) is 1.35. The fraction of sp³-hybridized carbons (Fsp3) is 0.455. The summed E-state index contributed by atoms with van der Waals surface area (Å²) in [6.07, 6.45) is 1.40. The van der Waals surface area contributed by atoms with Crippen LogP contribution >= 0.6 is 0 Å². The second kappa shape index (κ2) is 6.05. The third-order valence-electron chi connectivity index (χ3n) is 2.23. The minimum atomic E-state index is -1.07. The topological polar surface area (TPSA) is 80.0 Å². The molecule has 0 atom stereocenters. The van der Waals surface area contributed by atoms with Crippen LogP contribution in [0.3, 0.4) is 0 Å². The van der Waals surface area contributed by atoms with Gasteiger partial charge in [-0.25, -0.2) is 0 Å². The number of carbonyl (C=O) groups excluding carboxylic acids is 1. The molecule has 0 bridgehead atoms. The Bertz CT molecular complexity index is 398. The largest absolute Gasteiger partial charge is 0.480 e. The van der Waals surface area contributed by atoms with Crippen molar-refractivity contribution in [3.63, 3.8) is 0 Å². The van der Waals surface area contributed by atoms with Crippen LogP contribution in [0, 0.1) is 6.92 Å². The third kappa shape index (κ3) is 3.60. The Balaban J connectivity index is 2.78. The Labute approximate surface area is 98.8 Å². The van der Waals surface area contributed by atoms with Gasteiger partial charge in [0.05, 0.1) is 12.9 Å². The van der Waals surface area contributed by atoms with Gasteiger partial charge in [0.2, 0.25) is 0 Å². The van der Waals surface area contributed by atoms with E-state index in [-0.39, 0.29) is 25.5 Å². The molecule has 1 heterocycles. The average molecular weight is 241 g/mol. The highest BCUT2D eigenvalue weighted by atomic mass is 16.5. The van der Waals surface area contributed by atoms with E-state index < -0.39 is 11.9 Å². The molecular weight excluding hydrogens is 226 g/mol. The lowest BCUT2D eigenvalue weighted by Gasteiger charge is -2.19. The van der Waals surface area contributed by atoms with Crippen molar-refractivity contribution in [3.8, 4) is 0 Å². The fourth-order valence-corrected chi connectivity index (χ4v) is 1.35. The zero-order valence-electron chi connectivity index (χ0n) is 9.80. The van der Waals surface area contributed by atoms with Gasteiger partial charge in [-0.3, -0.25) is 9.59 Å². The van der Waals surface area contributed by atoms with Crippen LogP contribution in [0.15, 0.2) is 16.7 Å². The maximum atomic E-state index is 12.0. The highest BCUT2D eigenvalue weighted by Gasteiger charge is 2.22. The van der Waals surface area contributed by atoms with Gasteiger partial charge >= 0.3 is 5.97 Å². The quantitative estimate of drug-likeness (QED) is 0.795. The maximum Gasteiger partial charge on any atom is 0.323 e. The lowest BCUT2D eigenvalue weighted by Crippen LogP contribution is -2.38. The Morgan fingerprint density at radius 1 is 1.53 bits per heavy atom. The van der Waals surface area contributed by atoms with Crippen LogP contribution in [-0.2, 0) is 9.53 Å². The lowest BCUT2D eigenvalue weighted by atomic mass is 10.2. The molecule has 17 heavy (non-hydrogen) atoms. The van der Waals surface area contributed by atoms with Gasteiger partial charge in [0.15, 0.2) is 5.76 Å². The molecule has 0 unspecified atom stereocenters. The molecule has 0 spiro atoms. The molecule has 0 aliphatic heterocycles. The second-order valence-corrected chi connectivity index (χ2v) is 3.55. The number of hydrogen-bond acceptors (Lipinski definition) is 4. The number of ether oxygens (including phenoxy) is 1. The van der Waals surface area contributed by atoms with Crippen molar-refractivity contribution in [3.05, 3.63) is 23.7 Å². The maximum absolute atomic E-state index is 12.0. The summed E-state index contributed by atoms with van der Waals surface area (Å²) in [6, 6.07) is 1.66. The summed E-state index contributed by atoms with van der Waals surface area (Å²) in [5.74, 6) is -1.34. The van der Waals surface area contributed by atoms with Gasteiger partial charge in [-0.2, -0.15) is 0 Å². The van der Waals surface area contributed by atoms with E-state index in [0.717, 1.165) is 0 Å². The average Bonchev–Trinajstić information content (AvgIpc) is 2.69. The predicted octanol–water partition coefficient (Wildman–Crippen LogP) is 0.761. The molecular formula is C11H15NO5. The summed E-state index contributed by atoms with van der Waals surface area (Å²) in [4.78, 5) is 23.8. The SMILES string of the molecule is COCCN(CC(=O)O)C(=O)c1occc1C. The number of carboxylic acids is 1. The summed E-state index contributed by atoms with van der Waals surface area (Å²) < 4.78 is 9.88. The summed E-state index contributed by atoms with van der Waals surface area (Å²) in [5.41, 5.74) is 0.683. The molecule has 0 saturated heterocycles. The van der Waals surface area contributed by atoms with Crippen molar-refractivity contribution in [1.29, 1.82) is 0 Å². The molecule has 0 aliphatic rings. The van der Waals surface area contributed by atoms with Crippen LogP contribution in [0.1, 0.15) is 16.1 Å². The first-order valence-corrected chi connectivity index (χ1v) is 5.10. The van der Waals surface area contributed by atoms with Gasteiger partial charge in [-0.1, -0.05) is 0 Å². The van der Waals surface area contributed by atoms with E-state index in [2.05, 4.69) is 0 Å². The molecule has 1 amide bonds. The molecule has 1 N–H and O–H groups in total. The molecule has 6 heteroatoms. The summed E-state index contributed by atoms with van der Waals surface area (Å²) in [6.45, 7) is 1.84. The zero-order chi connectivity index (χ0) is 12.8. The van der Waals surface area contributed by atoms with Gasteiger partial charge in [0.25, 0.3) is 5.91 Å². The molecule has 0 saturated carbocycles. The number of hydrogen-bond donors (Lipinski definition) is 1. The van der Waals surface area contributed by atoms with E-state index >= 15 is 0 Å². The van der Waals surface area contributed by atoms with Gasteiger partial charge < -0.3 is 19.2 Å². The number of nitrogens with zero attached hydrogens (tertiary/aromatic N) is 1. The Kier molecular flexibility index (Phi) is 4.71. The standard InChI is InChI=1S/C11H15NO5/c1-8-3-5-17-10(8)11(15)12(4-6-16-2)7-9(13)14/h3,5H,4,6-7H2,1-2H3,(H,13,14). The Morgan fingerprint density at radius 2 is 2.24 bits per heavy atom. The number of aliphatic carboxylic acids is 1. The zero-order valence-corrected chi connectivity index (χ0v) is 9.80. The number of carbonyl (C=O) groups is 2. The number of aryl methyl sites for hydroxylation is 1. The van der Waals surface area contributed by atoms with Crippen LogP contribution < -0.4 is 0 Å². The minimum Gasteiger partial charge on any atom is -0.480 e. The minimum absolute atomic E-state index is 0.169. The number of rotatable bonds is 6. The highest BCUT2D eigenvalue weighted by Crippen LogP contribution is 2.11. The molecule has 1 aromatic rings. The van der Waals surface area contributed by atoms with Crippen molar-refractivity contribution in [1.82, 2.24) is 4.90 Å². The normalized spacial score (nSPS) is 10.2. The molecule has 0 radical (unpaired) electrons. The van der Waals surface area contributed by atoms with E-state index in [1.54, 1.807) is 13.0 Å². The smallest absolute Gasteiger partial charge is 0.323 e. The van der Waals surface area contributed by atoms with E-state index in [9.17, 15) is 9.59 Å². The van der Waals surface area contributed by atoms with Gasteiger partial charge in [0.1, 0.15) is 6.54 Å². The first kappa shape index (κ1) is 13.2. The Morgan fingerprint density at radius 3 is 2.71 bits per heavy atom. The number of furan rings is 1. The molecule has 1 rings (SSSR count). The molecule has 0 aliphatic carbocycles. The molecule has 0 fully saturated rings. The van der Waals surface area contributed by atoms with Gasteiger partial charge in [-0.15, -0.1) is 0 Å². The van der Waals surface area contributed by atoms with Gasteiger partial charge in [0, 0.05) is 19.2 Å². The van der Waals surface area contributed by atoms with Gasteiger partial charge in [-0.05, 0) is 13.0 Å². The van der Waals surface area contributed by atoms with Crippen LogP contribution in [0.4, 0.5) is 0 Å². The van der Waals surface area contributed by atoms with Crippen LogP contribution in [0.25, 0.3) is 0 Å². The van der Waals surface area contributed by atoms with Crippen molar-refractivity contribution in [2.24, 2.45) is 0 Å². The summed E-state index contributed by atoms with van der Waals surface area (Å²) in [5, 5.41) is 8.73. The van der Waals surface area contributed by atoms with Crippen molar-refractivity contribution >= 4 is 11.9 Å². The van der Waals surface area contributed by atoms with Crippen LogP contribution in [-0.4, -0.2) is 48.7 Å². The van der Waals surface area contributed by atoms with E-state index in [0.29, 0.717) is 5.56 Å². The first-order valence-electron chi connectivity index (χ1n) is 5.10. The highest BCUT2D eigenvalue weighted by molar-refractivity contribution is 5.94. The molecule has 94 valence electrons. The van der Waals surface area contributed by atoms with E-state index in [4.69, 9.17) is 14.3 Å². The first-order chi connectivity index (χ1) is 8.06. The number of carboxylic acid groups (broad SMARTS) is 1. The molecule has 6 nitrogen and oxygen atoms in total. The lowest BCUT2D eigenvalue weighted by molar-refractivity contribution is -0.137. The van der Waals surface area contributed by atoms with Crippen LogP contribution in [0.5, 0.6) is 0 Å². The number of amides is 1. The van der Waals surface area contributed by atoms with E-state index in [1.165, 1.54) is 18.3 Å². The van der Waals surface area contributed by atoms with Crippen molar-refractivity contribution < 1.29 is 23.8 Å². The van der Waals surface area contributed by atoms with E-state index in [1.807, 2.05) is 0 Å². The molecule has 1 aromatic heterocycles. The number of methoxy groups -OCH3 is 1. The monoisotopic (exact) mass is 241 g/mol. The van der Waals surface area contributed by atoms with Crippen molar-refractivity contribution in [2.45, 2.75) is 6.92 Å². The molecule has 0 aromatic carbocycles. The Hall–Kier alpha value is -1.82. The summed E-state index contributed by atoms with van der Waals surface area (Å²) >= 11 is 0. The third-order valence-corrected chi connectivity index (χ3v) is 2.23.